The number of fused-ring (bicyclic) bond motifs is 2. The van der Waals surface area contributed by atoms with Gasteiger partial charge in [0.2, 0.25) is 11.8 Å². The predicted molar refractivity (Wildman–Crippen MR) is 130 cm³/mol. The molecule has 0 spiro atoms. The van der Waals surface area contributed by atoms with E-state index < -0.39 is 5.79 Å². The Balaban J connectivity index is 0.00000274. The SMILES string of the molecule is COc1ccccc1N1CCN(CCCN2C(=O)C3CC4OC(C)(C)OC4CC3C2=O)CC1.Cl. The van der Waals surface area contributed by atoms with Crippen LogP contribution in [-0.4, -0.2) is 86.0 Å². The monoisotopic (exact) mass is 493 g/mol. The molecule has 4 unspecified atom stereocenters. The van der Waals surface area contributed by atoms with Gasteiger partial charge in [0.15, 0.2) is 5.79 Å². The first-order valence-electron chi connectivity index (χ1n) is 12.2. The fourth-order valence-electron chi connectivity index (χ4n) is 5.97. The van der Waals surface area contributed by atoms with Crippen LogP contribution in [0.1, 0.15) is 33.1 Å². The van der Waals surface area contributed by atoms with Crippen molar-refractivity contribution >= 4 is 29.9 Å². The lowest BCUT2D eigenvalue weighted by molar-refractivity contribution is -0.149. The van der Waals surface area contributed by atoms with Gasteiger partial charge >= 0.3 is 0 Å². The third-order valence-corrected chi connectivity index (χ3v) is 7.56. The second-order valence-corrected chi connectivity index (χ2v) is 10.1. The summed E-state index contributed by atoms with van der Waals surface area (Å²) in [5.41, 5.74) is 1.14. The Hall–Kier alpha value is -1.87. The van der Waals surface area contributed by atoms with E-state index in [4.69, 9.17) is 14.2 Å². The molecule has 9 heteroatoms. The number of hydrogen-bond donors (Lipinski definition) is 0. The lowest BCUT2D eigenvalue weighted by atomic mass is 9.78. The van der Waals surface area contributed by atoms with Crippen molar-refractivity contribution in [1.82, 2.24) is 9.80 Å². The molecule has 1 aromatic rings. The van der Waals surface area contributed by atoms with E-state index in [-0.39, 0.29) is 48.3 Å². The van der Waals surface area contributed by atoms with Crippen LogP contribution in [0.2, 0.25) is 0 Å². The minimum Gasteiger partial charge on any atom is -0.495 e. The molecule has 5 rings (SSSR count). The number of piperazine rings is 1. The maximum absolute atomic E-state index is 13.0. The number of benzene rings is 1. The van der Waals surface area contributed by atoms with Crippen molar-refractivity contribution in [3.05, 3.63) is 24.3 Å². The highest BCUT2D eigenvalue weighted by Gasteiger charge is 2.56. The van der Waals surface area contributed by atoms with E-state index in [9.17, 15) is 9.59 Å². The van der Waals surface area contributed by atoms with Crippen LogP contribution < -0.4 is 9.64 Å². The average Bonchev–Trinajstić information content (AvgIpc) is 3.24. The maximum atomic E-state index is 13.0. The van der Waals surface area contributed by atoms with Gasteiger partial charge in [-0.25, -0.2) is 0 Å². The Bertz CT molecular complexity index is 870. The van der Waals surface area contributed by atoms with Crippen molar-refractivity contribution in [2.24, 2.45) is 11.8 Å². The second-order valence-electron chi connectivity index (χ2n) is 10.1. The average molecular weight is 494 g/mol. The zero-order valence-electron chi connectivity index (χ0n) is 20.3. The number of para-hydroxylation sites is 2. The molecular weight excluding hydrogens is 458 g/mol. The molecule has 2 amide bonds. The number of halogens is 1. The largest absolute Gasteiger partial charge is 0.495 e. The van der Waals surface area contributed by atoms with Gasteiger partial charge in [-0.3, -0.25) is 19.4 Å². The van der Waals surface area contributed by atoms with Crippen LogP contribution in [0.3, 0.4) is 0 Å². The van der Waals surface area contributed by atoms with Crippen LogP contribution in [0.4, 0.5) is 5.69 Å². The summed E-state index contributed by atoms with van der Waals surface area (Å²) in [6.45, 7) is 8.96. The van der Waals surface area contributed by atoms with Crippen molar-refractivity contribution in [3.63, 3.8) is 0 Å². The molecule has 0 bridgehead atoms. The molecule has 3 saturated heterocycles. The van der Waals surface area contributed by atoms with E-state index in [0.29, 0.717) is 19.4 Å². The van der Waals surface area contributed by atoms with Crippen molar-refractivity contribution in [3.8, 4) is 5.75 Å². The molecule has 4 fully saturated rings. The fraction of sp³-hybridized carbons (Fsp3) is 0.680. The molecule has 1 aromatic carbocycles. The molecule has 188 valence electrons. The molecule has 3 heterocycles. The Kier molecular flexibility index (Phi) is 7.43. The zero-order valence-corrected chi connectivity index (χ0v) is 21.1. The van der Waals surface area contributed by atoms with Crippen LogP contribution >= 0.6 is 12.4 Å². The number of nitrogens with zero attached hydrogens (tertiary/aromatic N) is 3. The van der Waals surface area contributed by atoms with Crippen LogP contribution in [0.15, 0.2) is 24.3 Å². The zero-order chi connectivity index (χ0) is 23.2. The van der Waals surface area contributed by atoms with Gasteiger partial charge in [0.25, 0.3) is 0 Å². The van der Waals surface area contributed by atoms with Crippen LogP contribution in [0, 0.1) is 11.8 Å². The van der Waals surface area contributed by atoms with E-state index in [1.54, 1.807) is 7.11 Å². The molecule has 4 aliphatic rings. The highest BCUT2D eigenvalue weighted by molar-refractivity contribution is 6.05. The van der Waals surface area contributed by atoms with Gasteiger partial charge in [0.05, 0.1) is 36.8 Å². The van der Waals surface area contributed by atoms with E-state index in [0.717, 1.165) is 50.6 Å². The lowest BCUT2D eigenvalue weighted by Crippen LogP contribution is -2.47. The number of carbonyl (C=O) groups excluding carboxylic acids is 2. The van der Waals surface area contributed by atoms with E-state index >= 15 is 0 Å². The van der Waals surface area contributed by atoms with E-state index in [1.165, 1.54) is 4.90 Å². The maximum Gasteiger partial charge on any atom is 0.233 e. The van der Waals surface area contributed by atoms with Crippen molar-refractivity contribution < 1.29 is 23.8 Å². The summed E-state index contributed by atoms with van der Waals surface area (Å²) >= 11 is 0. The van der Waals surface area contributed by atoms with Gasteiger partial charge in [0.1, 0.15) is 5.75 Å². The van der Waals surface area contributed by atoms with Crippen molar-refractivity contribution in [1.29, 1.82) is 0 Å². The number of imide groups is 1. The minimum atomic E-state index is -0.630. The number of methoxy groups -OCH3 is 1. The van der Waals surface area contributed by atoms with Gasteiger partial charge in [-0.15, -0.1) is 12.4 Å². The summed E-state index contributed by atoms with van der Waals surface area (Å²) in [5.74, 6) is -0.256. The number of amides is 2. The second kappa shape index (κ2) is 10.0. The molecule has 0 N–H and O–H groups in total. The fourth-order valence-corrected chi connectivity index (χ4v) is 5.97. The van der Waals surface area contributed by atoms with Crippen molar-refractivity contribution in [2.45, 2.75) is 51.1 Å². The summed E-state index contributed by atoms with van der Waals surface area (Å²) < 4.78 is 17.4. The molecule has 0 aromatic heterocycles. The topological polar surface area (TPSA) is 71.6 Å². The number of likely N-dealkylation sites (tertiary alicyclic amines) is 1. The lowest BCUT2D eigenvalue weighted by Gasteiger charge is -2.36. The van der Waals surface area contributed by atoms with Gasteiger partial charge < -0.3 is 19.1 Å². The normalized spacial score (nSPS) is 30.7. The smallest absolute Gasteiger partial charge is 0.233 e. The first kappa shape index (κ1) is 25.2. The van der Waals surface area contributed by atoms with Gasteiger partial charge in [-0.2, -0.15) is 0 Å². The number of anilines is 1. The molecule has 1 saturated carbocycles. The summed E-state index contributed by atoms with van der Waals surface area (Å²) in [5, 5.41) is 0. The highest BCUT2D eigenvalue weighted by Crippen LogP contribution is 2.45. The summed E-state index contributed by atoms with van der Waals surface area (Å²) in [6.07, 6.45) is 1.81. The number of rotatable bonds is 6. The molecule has 34 heavy (non-hydrogen) atoms. The third kappa shape index (κ3) is 4.78. The minimum absolute atomic E-state index is 0. The first-order chi connectivity index (χ1) is 15.9. The Morgan fingerprint density at radius 1 is 0.941 bits per heavy atom. The molecular formula is C25H36ClN3O5. The van der Waals surface area contributed by atoms with Gasteiger partial charge in [-0.05, 0) is 51.8 Å². The number of carbonyl (C=O) groups is 2. The summed E-state index contributed by atoms with van der Waals surface area (Å²) in [4.78, 5) is 32.3. The predicted octanol–water partition coefficient (Wildman–Crippen LogP) is 2.54. The highest BCUT2D eigenvalue weighted by atomic mass is 35.5. The quantitative estimate of drug-likeness (QED) is 0.564. The third-order valence-electron chi connectivity index (χ3n) is 7.56. The van der Waals surface area contributed by atoms with Gasteiger partial charge in [-0.1, -0.05) is 12.1 Å². The molecule has 0 radical (unpaired) electrons. The Labute approximate surface area is 207 Å². The summed E-state index contributed by atoms with van der Waals surface area (Å²) in [7, 11) is 1.71. The van der Waals surface area contributed by atoms with Crippen LogP contribution in [0.5, 0.6) is 5.75 Å². The van der Waals surface area contributed by atoms with Crippen molar-refractivity contribution in [2.75, 3.05) is 51.3 Å². The molecule has 8 nitrogen and oxygen atoms in total. The van der Waals surface area contributed by atoms with E-state index in [1.807, 2.05) is 32.0 Å². The first-order valence-corrected chi connectivity index (χ1v) is 12.2. The number of hydrogen-bond acceptors (Lipinski definition) is 7. The Morgan fingerprint density at radius 2 is 1.53 bits per heavy atom. The standard InChI is InChI=1S/C25H35N3O5.ClH/c1-25(2)32-21-15-17-18(16-22(21)33-25)24(30)28(23(17)29)10-6-9-26-11-13-27(14-12-26)19-7-4-5-8-20(19)31-3;/h4-5,7-8,17-18,21-22H,6,9-16H2,1-3H3;1H. The van der Waals surface area contributed by atoms with Gasteiger partial charge in [0, 0.05) is 32.7 Å². The Morgan fingerprint density at radius 3 is 2.12 bits per heavy atom. The molecule has 4 atom stereocenters. The van der Waals surface area contributed by atoms with Crippen LogP contribution in [0.25, 0.3) is 0 Å². The van der Waals surface area contributed by atoms with E-state index in [2.05, 4.69) is 15.9 Å². The molecule has 3 aliphatic heterocycles. The number of ether oxygens (including phenoxy) is 3. The summed E-state index contributed by atoms with van der Waals surface area (Å²) in [6, 6.07) is 8.13. The van der Waals surface area contributed by atoms with Crippen LogP contribution in [-0.2, 0) is 19.1 Å². The molecule has 1 aliphatic carbocycles.